The first-order chi connectivity index (χ1) is 10.1. The van der Waals surface area contributed by atoms with Crippen LogP contribution in [0.25, 0.3) is 0 Å². The zero-order valence-electron chi connectivity index (χ0n) is 12.9. The quantitative estimate of drug-likeness (QED) is 0.752. The Kier molecular flexibility index (Phi) is 4.45. The van der Waals surface area contributed by atoms with E-state index in [2.05, 4.69) is 17.1 Å². The summed E-state index contributed by atoms with van der Waals surface area (Å²) in [5.74, 6) is 0.800. The van der Waals surface area contributed by atoms with Crippen molar-refractivity contribution in [3.8, 4) is 0 Å². The summed E-state index contributed by atoms with van der Waals surface area (Å²) in [5.41, 5.74) is 0. The average Bonchev–Trinajstić information content (AvgIpc) is 3.34. The van der Waals surface area contributed by atoms with Gasteiger partial charge < -0.3 is 15.1 Å². The third kappa shape index (κ3) is 3.55. The summed E-state index contributed by atoms with van der Waals surface area (Å²) in [6.45, 7) is 8.32. The standard InChI is InChI=1S/C15H26N4O2/c1-12-10-16-4-5-19(12)11-14(20)17-6-8-18(9-7-17)15(21)13-2-3-13/h12-13,16H,2-11H2,1H3/t12-/m1/s1. The molecule has 1 saturated carbocycles. The van der Waals surface area contributed by atoms with Crippen LogP contribution in [0.15, 0.2) is 0 Å². The van der Waals surface area contributed by atoms with E-state index < -0.39 is 0 Å². The average molecular weight is 294 g/mol. The largest absolute Gasteiger partial charge is 0.339 e. The van der Waals surface area contributed by atoms with Crippen LogP contribution in [0.1, 0.15) is 19.8 Å². The summed E-state index contributed by atoms with van der Waals surface area (Å²) >= 11 is 0. The maximum atomic E-state index is 12.4. The van der Waals surface area contributed by atoms with Gasteiger partial charge in [0.15, 0.2) is 0 Å². The van der Waals surface area contributed by atoms with Gasteiger partial charge in [0.05, 0.1) is 6.54 Å². The first-order valence-corrected chi connectivity index (χ1v) is 8.16. The van der Waals surface area contributed by atoms with Crippen LogP contribution in [0, 0.1) is 5.92 Å². The number of nitrogens with zero attached hydrogens (tertiary/aromatic N) is 3. The number of amides is 2. The van der Waals surface area contributed by atoms with Crippen molar-refractivity contribution in [1.82, 2.24) is 20.0 Å². The fourth-order valence-corrected chi connectivity index (χ4v) is 3.16. The molecule has 2 aliphatic heterocycles. The van der Waals surface area contributed by atoms with Crippen LogP contribution >= 0.6 is 0 Å². The Bertz CT molecular complexity index is 402. The molecule has 2 saturated heterocycles. The highest BCUT2D eigenvalue weighted by atomic mass is 16.2. The number of piperazine rings is 2. The molecule has 1 N–H and O–H groups in total. The van der Waals surface area contributed by atoms with E-state index in [0.717, 1.165) is 32.5 Å². The Morgan fingerprint density at radius 2 is 1.71 bits per heavy atom. The van der Waals surface area contributed by atoms with Crippen LogP contribution in [-0.4, -0.2) is 84.9 Å². The van der Waals surface area contributed by atoms with Crippen LogP contribution < -0.4 is 5.32 Å². The number of nitrogens with one attached hydrogen (secondary N) is 1. The van der Waals surface area contributed by atoms with Crippen molar-refractivity contribution < 1.29 is 9.59 Å². The second-order valence-corrected chi connectivity index (χ2v) is 6.50. The maximum Gasteiger partial charge on any atom is 0.236 e. The highest BCUT2D eigenvalue weighted by molar-refractivity contribution is 5.82. The number of hydrogen-bond donors (Lipinski definition) is 1. The number of carbonyl (C=O) groups excluding carboxylic acids is 2. The molecule has 0 aromatic heterocycles. The predicted octanol–water partition coefficient (Wildman–Crippen LogP) is -0.639. The monoisotopic (exact) mass is 294 g/mol. The van der Waals surface area contributed by atoms with Crippen molar-refractivity contribution in [2.75, 3.05) is 52.4 Å². The Morgan fingerprint density at radius 1 is 1.05 bits per heavy atom. The van der Waals surface area contributed by atoms with Gasteiger partial charge in [-0.1, -0.05) is 0 Å². The summed E-state index contributed by atoms with van der Waals surface area (Å²) in [7, 11) is 0. The van der Waals surface area contributed by atoms with Gasteiger partial charge >= 0.3 is 0 Å². The molecule has 2 amide bonds. The second kappa shape index (κ2) is 6.32. The Hall–Kier alpha value is -1.14. The van der Waals surface area contributed by atoms with Crippen molar-refractivity contribution in [3.05, 3.63) is 0 Å². The Morgan fingerprint density at radius 3 is 2.33 bits per heavy atom. The highest BCUT2D eigenvalue weighted by Gasteiger charge is 2.35. The molecule has 118 valence electrons. The molecule has 1 atom stereocenters. The first kappa shape index (κ1) is 14.8. The molecule has 3 aliphatic rings. The van der Waals surface area contributed by atoms with Gasteiger partial charge in [-0.2, -0.15) is 0 Å². The van der Waals surface area contributed by atoms with E-state index in [4.69, 9.17) is 0 Å². The minimum atomic E-state index is 0.210. The van der Waals surface area contributed by atoms with Gasteiger partial charge in [0.2, 0.25) is 11.8 Å². The predicted molar refractivity (Wildman–Crippen MR) is 79.8 cm³/mol. The number of carbonyl (C=O) groups is 2. The summed E-state index contributed by atoms with van der Waals surface area (Å²) in [5, 5.41) is 3.34. The van der Waals surface area contributed by atoms with Crippen LogP contribution in [0.5, 0.6) is 0 Å². The fourth-order valence-electron chi connectivity index (χ4n) is 3.16. The lowest BCUT2D eigenvalue weighted by Gasteiger charge is -2.38. The van der Waals surface area contributed by atoms with Crippen LogP contribution in [0.4, 0.5) is 0 Å². The highest BCUT2D eigenvalue weighted by Crippen LogP contribution is 2.31. The maximum absolute atomic E-state index is 12.4. The van der Waals surface area contributed by atoms with Crippen LogP contribution in [-0.2, 0) is 9.59 Å². The molecule has 3 rings (SSSR count). The molecule has 1 aliphatic carbocycles. The summed E-state index contributed by atoms with van der Waals surface area (Å²) < 4.78 is 0. The first-order valence-electron chi connectivity index (χ1n) is 8.16. The topological polar surface area (TPSA) is 55.9 Å². The van der Waals surface area contributed by atoms with Crippen molar-refractivity contribution in [2.24, 2.45) is 5.92 Å². The smallest absolute Gasteiger partial charge is 0.236 e. The molecular weight excluding hydrogens is 268 g/mol. The molecule has 2 heterocycles. The number of rotatable bonds is 3. The van der Waals surface area contributed by atoms with Gasteiger partial charge in [0.1, 0.15) is 0 Å². The van der Waals surface area contributed by atoms with Crippen LogP contribution in [0.3, 0.4) is 0 Å². The minimum absolute atomic E-state index is 0.210. The third-order valence-corrected chi connectivity index (χ3v) is 4.85. The molecule has 3 fully saturated rings. The Labute approximate surface area is 126 Å². The van der Waals surface area contributed by atoms with E-state index in [1.165, 1.54) is 0 Å². The van der Waals surface area contributed by atoms with E-state index in [0.29, 0.717) is 44.7 Å². The molecule has 6 heteroatoms. The Balaban J connectivity index is 1.45. The van der Waals surface area contributed by atoms with Crippen molar-refractivity contribution in [1.29, 1.82) is 0 Å². The summed E-state index contributed by atoms with van der Waals surface area (Å²) in [4.78, 5) is 30.5. The van der Waals surface area contributed by atoms with Crippen molar-refractivity contribution >= 4 is 11.8 Å². The molecule has 0 aromatic carbocycles. The minimum Gasteiger partial charge on any atom is -0.339 e. The zero-order valence-corrected chi connectivity index (χ0v) is 12.9. The molecule has 0 spiro atoms. The van der Waals surface area contributed by atoms with E-state index in [9.17, 15) is 9.59 Å². The molecule has 0 aromatic rings. The number of hydrogen-bond acceptors (Lipinski definition) is 4. The lowest BCUT2D eigenvalue weighted by atomic mass is 10.2. The van der Waals surface area contributed by atoms with Gasteiger partial charge in [-0.05, 0) is 19.8 Å². The van der Waals surface area contributed by atoms with Gasteiger partial charge in [0, 0.05) is 57.8 Å². The molecular formula is C15H26N4O2. The van der Waals surface area contributed by atoms with E-state index in [1.807, 2.05) is 9.80 Å². The van der Waals surface area contributed by atoms with Gasteiger partial charge in [0.25, 0.3) is 0 Å². The van der Waals surface area contributed by atoms with Gasteiger partial charge in [-0.25, -0.2) is 0 Å². The summed E-state index contributed by atoms with van der Waals surface area (Å²) in [6, 6.07) is 0.417. The SMILES string of the molecule is C[C@@H]1CNCCN1CC(=O)N1CCN(C(=O)C2CC2)CC1. The molecule has 6 nitrogen and oxygen atoms in total. The van der Waals surface area contributed by atoms with E-state index in [1.54, 1.807) is 0 Å². The third-order valence-electron chi connectivity index (χ3n) is 4.85. The second-order valence-electron chi connectivity index (χ2n) is 6.50. The molecule has 0 bridgehead atoms. The van der Waals surface area contributed by atoms with Crippen molar-refractivity contribution in [3.63, 3.8) is 0 Å². The van der Waals surface area contributed by atoms with Crippen molar-refractivity contribution in [2.45, 2.75) is 25.8 Å². The zero-order chi connectivity index (χ0) is 14.8. The lowest BCUT2D eigenvalue weighted by Crippen LogP contribution is -2.56. The lowest BCUT2D eigenvalue weighted by molar-refractivity contribution is -0.141. The molecule has 0 radical (unpaired) electrons. The molecule has 21 heavy (non-hydrogen) atoms. The van der Waals surface area contributed by atoms with Crippen LogP contribution in [0.2, 0.25) is 0 Å². The normalized spacial score (nSPS) is 27.8. The van der Waals surface area contributed by atoms with Gasteiger partial charge in [-0.3, -0.25) is 14.5 Å². The van der Waals surface area contributed by atoms with E-state index >= 15 is 0 Å². The van der Waals surface area contributed by atoms with E-state index in [-0.39, 0.29) is 11.8 Å². The molecule has 0 unspecified atom stereocenters. The van der Waals surface area contributed by atoms with Gasteiger partial charge in [-0.15, -0.1) is 0 Å². The summed E-state index contributed by atoms with van der Waals surface area (Å²) in [6.07, 6.45) is 2.11. The fraction of sp³-hybridized carbons (Fsp3) is 0.867.